The van der Waals surface area contributed by atoms with E-state index in [0.717, 1.165) is 11.1 Å². The van der Waals surface area contributed by atoms with E-state index in [-0.39, 0.29) is 30.5 Å². The average molecular weight is 425 g/mol. The number of nitrogens with one attached hydrogen (secondary N) is 3. The van der Waals surface area contributed by atoms with Crippen LogP contribution in [0, 0.1) is 18.3 Å². The molecule has 3 rings (SSSR count). The molecule has 9 nitrogen and oxygen atoms in total. The summed E-state index contributed by atoms with van der Waals surface area (Å²) < 4.78 is 13.6. The number of anilines is 2. The maximum atomic E-state index is 13.6. The number of carbonyl (C=O) groups excluding carboxylic acids is 2. The number of halogens is 1. The Hall–Kier alpha value is -3.69. The van der Waals surface area contributed by atoms with Gasteiger partial charge in [0, 0.05) is 23.5 Å². The highest BCUT2D eigenvalue weighted by Gasteiger charge is 2.23. The zero-order valence-corrected chi connectivity index (χ0v) is 17.8. The van der Waals surface area contributed by atoms with Crippen LogP contribution in [0.25, 0.3) is 11.3 Å². The molecule has 162 valence electrons. The van der Waals surface area contributed by atoms with Gasteiger partial charge in [-0.1, -0.05) is 26.8 Å². The first kappa shape index (κ1) is 22.0. The number of rotatable bonds is 6. The summed E-state index contributed by atoms with van der Waals surface area (Å²) >= 11 is 0. The second-order valence-electron chi connectivity index (χ2n) is 8.15. The number of pyridine rings is 1. The highest BCUT2D eigenvalue weighted by Crippen LogP contribution is 2.23. The van der Waals surface area contributed by atoms with Crippen LogP contribution in [-0.4, -0.2) is 37.2 Å². The number of hydrogen-bond acceptors (Lipinski definition) is 6. The van der Waals surface area contributed by atoms with Crippen LogP contribution in [0.4, 0.5) is 16.0 Å². The zero-order valence-electron chi connectivity index (χ0n) is 17.8. The maximum Gasteiger partial charge on any atom is 0.230 e. The topological polar surface area (TPSA) is 126 Å². The zero-order chi connectivity index (χ0) is 22.6. The molecule has 0 atom stereocenters. The Morgan fingerprint density at radius 2 is 1.87 bits per heavy atom. The Labute approximate surface area is 178 Å². The molecule has 3 aromatic rings. The third-order valence-corrected chi connectivity index (χ3v) is 4.54. The van der Waals surface area contributed by atoms with Gasteiger partial charge >= 0.3 is 0 Å². The Kier molecular flexibility index (Phi) is 6.38. The molecule has 31 heavy (non-hydrogen) atoms. The van der Waals surface area contributed by atoms with E-state index in [0.29, 0.717) is 17.1 Å². The summed E-state index contributed by atoms with van der Waals surface area (Å²) in [5.41, 5.74) is 2.36. The Morgan fingerprint density at radius 3 is 2.58 bits per heavy atom. The molecular weight excluding hydrogens is 401 g/mol. The van der Waals surface area contributed by atoms with Crippen LogP contribution < -0.4 is 10.6 Å². The molecule has 0 saturated heterocycles. The van der Waals surface area contributed by atoms with Crippen molar-refractivity contribution in [3.63, 3.8) is 0 Å². The van der Waals surface area contributed by atoms with Crippen molar-refractivity contribution in [1.82, 2.24) is 25.4 Å². The molecule has 3 N–H and O–H groups in total. The van der Waals surface area contributed by atoms with Crippen LogP contribution in [0.1, 0.15) is 38.3 Å². The minimum atomic E-state index is -0.706. The highest BCUT2D eigenvalue weighted by atomic mass is 19.1. The predicted octanol–water partition coefficient (Wildman–Crippen LogP) is 3.27. The summed E-state index contributed by atoms with van der Waals surface area (Å²) in [6.45, 7) is 7.14. The Bertz CT molecular complexity index is 1110. The molecule has 3 aromatic heterocycles. The van der Waals surface area contributed by atoms with Crippen molar-refractivity contribution >= 4 is 23.5 Å². The minimum Gasteiger partial charge on any atom is -0.310 e. The maximum absolute atomic E-state index is 13.6. The lowest BCUT2D eigenvalue weighted by molar-refractivity contribution is -0.123. The number of aryl methyl sites for hydroxylation is 2. The molecule has 0 bridgehead atoms. The molecular formula is C21H24FN7O2. The fraction of sp³-hybridized carbons (Fsp3) is 0.333. The summed E-state index contributed by atoms with van der Waals surface area (Å²) in [6, 6.07) is 4.42. The van der Waals surface area contributed by atoms with Gasteiger partial charge in [0.05, 0.1) is 18.1 Å². The lowest BCUT2D eigenvalue weighted by Gasteiger charge is -2.18. The van der Waals surface area contributed by atoms with Crippen LogP contribution in [0.5, 0.6) is 0 Å². The number of amides is 2. The van der Waals surface area contributed by atoms with Gasteiger partial charge in [-0.2, -0.15) is 19.7 Å². The van der Waals surface area contributed by atoms with E-state index >= 15 is 0 Å². The van der Waals surface area contributed by atoms with Crippen molar-refractivity contribution < 1.29 is 14.0 Å². The number of aromatic nitrogens is 5. The van der Waals surface area contributed by atoms with Gasteiger partial charge in [0.1, 0.15) is 5.82 Å². The Morgan fingerprint density at radius 1 is 1.13 bits per heavy atom. The summed E-state index contributed by atoms with van der Waals surface area (Å²) in [5, 5.41) is 20.0. The van der Waals surface area contributed by atoms with Crippen molar-refractivity contribution in [2.75, 3.05) is 10.6 Å². The van der Waals surface area contributed by atoms with Gasteiger partial charge in [-0.3, -0.25) is 14.7 Å². The first-order chi connectivity index (χ1) is 14.6. The highest BCUT2D eigenvalue weighted by molar-refractivity contribution is 5.94. The number of H-pyrrole nitrogens is 1. The summed E-state index contributed by atoms with van der Waals surface area (Å²) in [7, 11) is 0. The van der Waals surface area contributed by atoms with Crippen molar-refractivity contribution in [2.24, 2.45) is 5.41 Å². The number of hydrogen-bond donors (Lipinski definition) is 3. The summed E-state index contributed by atoms with van der Waals surface area (Å²) in [6.07, 6.45) is 3.62. The van der Waals surface area contributed by atoms with Crippen LogP contribution in [0.3, 0.4) is 0 Å². The molecule has 0 aliphatic rings. The van der Waals surface area contributed by atoms with Crippen LogP contribution in [0.2, 0.25) is 0 Å². The standard InChI is InChI=1S/C21H24FN7O2/c1-12-10-23-24-11-14(12)15-9-17(29-28-15)26-18(30)8-6-13-5-7-16(22)25-19(13)27-20(31)21(2,3)4/h5,7,9-11H,6,8H2,1-4H3,(H,25,27,31)(H2,26,28,29,30). The van der Waals surface area contributed by atoms with Crippen LogP contribution in [0.15, 0.2) is 30.6 Å². The first-order valence-corrected chi connectivity index (χ1v) is 9.73. The van der Waals surface area contributed by atoms with E-state index < -0.39 is 11.4 Å². The van der Waals surface area contributed by atoms with E-state index in [4.69, 9.17) is 0 Å². The van der Waals surface area contributed by atoms with E-state index in [1.807, 2.05) is 6.92 Å². The van der Waals surface area contributed by atoms with Gasteiger partial charge in [0.15, 0.2) is 5.82 Å². The number of carbonyl (C=O) groups is 2. The second kappa shape index (κ2) is 8.99. The lowest BCUT2D eigenvalue weighted by atomic mass is 9.95. The molecule has 0 spiro atoms. The van der Waals surface area contributed by atoms with E-state index in [9.17, 15) is 14.0 Å². The quantitative estimate of drug-likeness (QED) is 0.521. The molecule has 0 aliphatic heterocycles. The van der Waals surface area contributed by atoms with Gasteiger partial charge in [-0.25, -0.2) is 4.98 Å². The largest absolute Gasteiger partial charge is 0.310 e. The Balaban J connectivity index is 1.64. The predicted molar refractivity (Wildman–Crippen MR) is 114 cm³/mol. The lowest BCUT2D eigenvalue weighted by Crippen LogP contribution is -2.28. The molecule has 3 heterocycles. The summed E-state index contributed by atoms with van der Waals surface area (Å²) in [5.74, 6) is -0.784. The van der Waals surface area contributed by atoms with Crippen molar-refractivity contribution in [2.45, 2.75) is 40.5 Å². The third-order valence-electron chi connectivity index (χ3n) is 4.54. The molecule has 0 saturated carbocycles. The molecule has 10 heteroatoms. The fourth-order valence-electron chi connectivity index (χ4n) is 2.71. The molecule has 0 fully saturated rings. The van der Waals surface area contributed by atoms with Crippen molar-refractivity contribution in [1.29, 1.82) is 0 Å². The van der Waals surface area contributed by atoms with E-state index in [1.165, 1.54) is 12.1 Å². The van der Waals surface area contributed by atoms with Gasteiger partial charge in [-0.15, -0.1) is 0 Å². The first-order valence-electron chi connectivity index (χ1n) is 9.73. The van der Waals surface area contributed by atoms with Crippen molar-refractivity contribution in [3.05, 3.63) is 47.7 Å². The normalized spacial score (nSPS) is 11.3. The second-order valence-corrected chi connectivity index (χ2v) is 8.15. The molecule has 0 radical (unpaired) electrons. The molecule has 0 aliphatic carbocycles. The fourth-order valence-corrected chi connectivity index (χ4v) is 2.71. The van der Waals surface area contributed by atoms with Crippen LogP contribution in [-0.2, 0) is 16.0 Å². The van der Waals surface area contributed by atoms with Crippen LogP contribution >= 0.6 is 0 Å². The minimum absolute atomic E-state index is 0.101. The van der Waals surface area contributed by atoms with Gasteiger partial charge in [-0.05, 0) is 30.5 Å². The third kappa shape index (κ3) is 5.68. The van der Waals surface area contributed by atoms with E-state index in [1.54, 1.807) is 39.2 Å². The van der Waals surface area contributed by atoms with Gasteiger partial charge in [0.2, 0.25) is 17.8 Å². The average Bonchev–Trinajstić information content (AvgIpc) is 3.15. The molecule has 0 aromatic carbocycles. The van der Waals surface area contributed by atoms with Gasteiger partial charge in [0.25, 0.3) is 0 Å². The molecule has 0 unspecified atom stereocenters. The van der Waals surface area contributed by atoms with Crippen molar-refractivity contribution in [3.8, 4) is 11.3 Å². The molecule has 2 amide bonds. The van der Waals surface area contributed by atoms with E-state index in [2.05, 4.69) is 36.0 Å². The van der Waals surface area contributed by atoms with Gasteiger partial charge < -0.3 is 10.6 Å². The number of nitrogens with zero attached hydrogens (tertiary/aromatic N) is 4. The number of aromatic amines is 1. The SMILES string of the molecule is Cc1cnncc1-c1cc(NC(=O)CCc2ccc(F)nc2NC(=O)C(C)(C)C)n[nH]1. The summed E-state index contributed by atoms with van der Waals surface area (Å²) in [4.78, 5) is 28.4. The smallest absolute Gasteiger partial charge is 0.230 e. The monoisotopic (exact) mass is 425 g/mol.